The Kier molecular flexibility index (Phi) is 7.53. The third kappa shape index (κ3) is 6.02. The lowest BCUT2D eigenvalue weighted by atomic mass is 10.0. The summed E-state index contributed by atoms with van der Waals surface area (Å²) < 4.78 is 43.4. The average molecular weight is 577 g/mol. The largest absolute Gasteiger partial charge is 0.490 e. The molecule has 4 aromatic rings. The highest BCUT2D eigenvalue weighted by atomic mass is 19.4. The number of fused-ring (bicyclic) bond motifs is 2. The Bertz CT molecular complexity index is 1700. The van der Waals surface area contributed by atoms with Crippen LogP contribution in [0.15, 0.2) is 78.9 Å². The van der Waals surface area contributed by atoms with E-state index >= 15 is 0 Å². The monoisotopic (exact) mass is 576 g/mol. The molecule has 5 rings (SSSR count). The number of amides is 2. The number of halogens is 3. The molecule has 0 aromatic heterocycles. The third-order valence-electron chi connectivity index (χ3n) is 6.71. The van der Waals surface area contributed by atoms with Crippen molar-refractivity contribution in [2.45, 2.75) is 19.0 Å². The molecule has 42 heavy (non-hydrogen) atoms. The van der Waals surface area contributed by atoms with E-state index in [9.17, 15) is 32.9 Å². The summed E-state index contributed by atoms with van der Waals surface area (Å²) in [5.74, 6) is -0.597. The maximum atomic E-state index is 13.0. The Morgan fingerprint density at radius 3 is 2.31 bits per heavy atom. The topological polar surface area (TPSA) is 123 Å². The maximum Gasteiger partial charge on any atom is 0.416 e. The molecule has 0 spiro atoms. The van der Waals surface area contributed by atoms with E-state index in [2.05, 4.69) is 16.0 Å². The second kappa shape index (κ2) is 11.2. The van der Waals surface area contributed by atoms with Crippen LogP contribution in [0.2, 0.25) is 0 Å². The highest BCUT2D eigenvalue weighted by molar-refractivity contribution is 6.12. The van der Waals surface area contributed by atoms with Crippen LogP contribution in [-0.2, 0) is 17.4 Å². The number of benzene rings is 4. The molecule has 2 amide bonds. The number of ether oxygens (including phenoxy) is 1. The van der Waals surface area contributed by atoms with Gasteiger partial charge < -0.3 is 20.7 Å². The Morgan fingerprint density at radius 1 is 0.905 bits per heavy atom. The third-order valence-corrected chi connectivity index (χ3v) is 6.71. The number of alkyl halides is 3. The van der Waals surface area contributed by atoms with Crippen molar-refractivity contribution < 1.29 is 32.4 Å². The summed E-state index contributed by atoms with van der Waals surface area (Å²) in [4.78, 5) is 36.1. The number of hydrogen-bond donors (Lipinski definition) is 3. The van der Waals surface area contributed by atoms with Gasteiger partial charge in [-0.2, -0.15) is 13.2 Å². The normalized spacial score (nSPS) is 12.2. The van der Waals surface area contributed by atoms with Crippen molar-refractivity contribution in [3.63, 3.8) is 0 Å². The minimum atomic E-state index is -4.46. The van der Waals surface area contributed by atoms with Crippen LogP contribution in [0.1, 0.15) is 27.9 Å². The molecule has 1 aliphatic rings. The first-order valence-corrected chi connectivity index (χ1v) is 12.7. The molecule has 0 bridgehead atoms. The van der Waals surface area contributed by atoms with Crippen LogP contribution >= 0.6 is 0 Å². The fourth-order valence-electron chi connectivity index (χ4n) is 4.55. The molecule has 0 saturated carbocycles. The summed E-state index contributed by atoms with van der Waals surface area (Å²) >= 11 is 0. The lowest BCUT2D eigenvalue weighted by Crippen LogP contribution is -2.13. The van der Waals surface area contributed by atoms with E-state index < -0.39 is 16.7 Å². The van der Waals surface area contributed by atoms with Crippen molar-refractivity contribution in [1.82, 2.24) is 0 Å². The van der Waals surface area contributed by atoms with Gasteiger partial charge >= 0.3 is 11.9 Å². The zero-order chi connectivity index (χ0) is 30.0. The zero-order valence-corrected chi connectivity index (χ0v) is 22.0. The molecule has 0 aliphatic carbocycles. The van der Waals surface area contributed by atoms with E-state index in [4.69, 9.17) is 4.74 Å². The number of nitro groups is 1. The second-order valence-corrected chi connectivity index (χ2v) is 9.49. The summed E-state index contributed by atoms with van der Waals surface area (Å²) in [6, 6.07) is 19.2. The van der Waals surface area contributed by atoms with E-state index in [0.29, 0.717) is 40.2 Å². The summed E-state index contributed by atoms with van der Waals surface area (Å²) in [6.07, 6.45) is -4.05. The van der Waals surface area contributed by atoms with Crippen LogP contribution in [0.5, 0.6) is 5.75 Å². The Morgan fingerprint density at radius 2 is 1.62 bits per heavy atom. The summed E-state index contributed by atoms with van der Waals surface area (Å²) in [6.45, 7) is 0. The van der Waals surface area contributed by atoms with Gasteiger partial charge in [-0.1, -0.05) is 12.1 Å². The average Bonchev–Trinajstić information content (AvgIpc) is 3.10. The van der Waals surface area contributed by atoms with Crippen molar-refractivity contribution in [2.24, 2.45) is 0 Å². The van der Waals surface area contributed by atoms with Crippen LogP contribution in [0.4, 0.5) is 41.6 Å². The molecule has 9 nitrogen and oxygen atoms in total. The minimum Gasteiger partial charge on any atom is -0.490 e. The predicted molar refractivity (Wildman–Crippen MR) is 151 cm³/mol. The van der Waals surface area contributed by atoms with Crippen LogP contribution < -0.4 is 20.7 Å². The van der Waals surface area contributed by atoms with E-state index in [1.165, 1.54) is 25.3 Å². The zero-order valence-electron chi connectivity index (χ0n) is 22.0. The molecule has 4 aromatic carbocycles. The van der Waals surface area contributed by atoms with E-state index in [1.54, 1.807) is 48.5 Å². The highest BCUT2D eigenvalue weighted by Gasteiger charge is 2.30. The number of carbonyl (C=O) groups is 2. The Labute approximate surface area is 237 Å². The number of aryl methyl sites for hydroxylation is 1. The highest BCUT2D eigenvalue weighted by Crippen LogP contribution is 2.37. The lowest BCUT2D eigenvalue weighted by molar-refractivity contribution is -0.385. The standard InChI is InChI=1S/C30H23F3N4O5/c1-42-27-16-19(5-12-26(27)37(40)41)18-4-10-22-24(15-18)35-23-11-2-17(14-25(23)36-29(22)39)3-13-28(38)34-21-8-6-20(7-9-21)30(31,32)33/h2,4-12,14-16,35H,3,13H2,1H3,(H,34,38)(H,36,39). The van der Waals surface area contributed by atoms with Crippen molar-refractivity contribution in [2.75, 3.05) is 23.1 Å². The molecule has 0 atom stereocenters. The maximum absolute atomic E-state index is 13.0. The Balaban J connectivity index is 1.29. The number of nitro benzene ring substituents is 1. The van der Waals surface area contributed by atoms with Crippen LogP contribution in [0.3, 0.4) is 0 Å². The van der Waals surface area contributed by atoms with Crippen LogP contribution in [-0.4, -0.2) is 23.8 Å². The summed E-state index contributed by atoms with van der Waals surface area (Å²) in [5, 5.41) is 20.0. The second-order valence-electron chi connectivity index (χ2n) is 9.49. The van der Waals surface area contributed by atoms with E-state index in [-0.39, 0.29) is 35.4 Å². The van der Waals surface area contributed by atoms with Crippen molar-refractivity contribution in [3.8, 4) is 16.9 Å². The summed E-state index contributed by atoms with van der Waals surface area (Å²) in [5.41, 5.74) is 3.50. The fraction of sp³-hybridized carbons (Fsp3) is 0.133. The van der Waals surface area contributed by atoms with Gasteiger partial charge in [0.05, 0.1) is 40.2 Å². The SMILES string of the molecule is COc1cc(-c2ccc3c(c2)Nc2ccc(CCC(=O)Nc4ccc(C(F)(F)F)cc4)cc2NC3=O)ccc1[N+](=O)[O-]. The van der Waals surface area contributed by atoms with Gasteiger partial charge in [0, 0.05) is 18.2 Å². The van der Waals surface area contributed by atoms with E-state index in [0.717, 1.165) is 17.7 Å². The van der Waals surface area contributed by atoms with Gasteiger partial charge in [-0.25, -0.2) is 0 Å². The molecule has 0 saturated heterocycles. The van der Waals surface area contributed by atoms with Crippen molar-refractivity contribution in [3.05, 3.63) is 106 Å². The van der Waals surface area contributed by atoms with Gasteiger partial charge in [0.15, 0.2) is 5.75 Å². The number of nitrogens with zero attached hydrogens (tertiary/aromatic N) is 1. The van der Waals surface area contributed by atoms with Gasteiger partial charge in [-0.3, -0.25) is 19.7 Å². The molecule has 1 heterocycles. The van der Waals surface area contributed by atoms with Crippen molar-refractivity contribution in [1.29, 1.82) is 0 Å². The molecule has 1 aliphatic heterocycles. The molecule has 3 N–H and O–H groups in total. The lowest BCUT2D eigenvalue weighted by Gasteiger charge is -2.12. The number of methoxy groups -OCH3 is 1. The first-order chi connectivity index (χ1) is 20.0. The van der Waals surface area contributed by atoms with Crippen molar-refractivity contribution >= 4 is 40.3 Å². The summed E-state index contributed by atoms with van der Waals surface area (Å²) in [7, 11) is 1.35. The first kappa shape index (κ1) is 28.1. The van der Waals surface area contributed by atoms with Gasteiger partial charge in [0.2, 0.25) is 5.91 Å². The molecular weight excluding hydrogens is 553 g/mol. The smallest absolute Gasteiger partial charge is 0.416 e. The number of carbonyl (C=O) groups excluding carboxylic acids is 2. The van der Waals surface area contributed by atoms with E-state index in [1.807, 2.05) is 0 Å². The fourth-order valence-corrected chi connectivity index (χ4v) is 4.55. The first-order valence-electron chi connectivity index (χ1n) is 12.7. The number of hydrogen-bond acceptors (Lipinski definition) is 6. The number of nitrogens with one attached hydrogen (secondary N) is 3. The van der Waals surface area contributed by atoms with Gasteiger partial charge in [-0.05, 0) is 83.8 Å². The molecule has 214 valence electrons. The minimum absolute atomic E-state index is 0.0729. The number of rotatable bonds is 7. The predicted octanol–water partition coefficient (Wildman–Crippen LogP) is 7.17. The molecule has 12 heteroatoms. The van der Waals surface area contributed by atoms with Crippen LogP contribution in [0.25, 0.3) is 11.1 Å². The van der Waals surface area contributed by atoms with Gasteiger partial charge in [-0.15, -0.1) is 0 Å². The molecule has 0 radical (unpaired) electrons. The van der Waals surface area contributed by atoms with Gasteiger partial charge in [0.1, 0.15) is 0 Å². The number of anilines is 4. The van der Waals surface area contributed by atoms with Crippen LogP contribution in [0, 0.1) is 10.1 Å². The van der Waals surface area contributed by atoms with Gasteiger partial charge in [0.25, 0.3) is 5.91 Å². The molecular formula is C30H23F3N4O5. The molecule has 0 fully saturated rings. The molecule has 0 unspecified atom stereocenters. The Hall–Kier alpha value is -5.39. The quantitative estimate of drug-likeness (QED) is 0.158.